The van der Waals surface area contributed by atoms with Crippen LogP contribution >= 0.6 is 46.0 Å². The van der Waals surface area contributed by atoms with Crippen molar-refractivity contribution in [2.45, 2.75) is 25.4 Å². The third-order valence-electron chi connectivity index (χ3n) is 5.24. The number of methoxy groups -OCH3 is 1. The largest absolute Gasteiger partial charge is 0.493 e. The molecule has 4 rings (SSSR count). The first-order chi connectivity index (χ1) is 16.4. The molecule has 0 bridgehead atoms. The van der Waals surface area contributed by atoms with Crippen LogP contribution in [0.4, 0.5) is 5.69 Å². The predicted molar refractivity (Wildman–Crippen MR) is 148 cm³/mol. The Morgan fingerprint density at radius 3 is 2.50 bits per heavy atom. The van der Waals surface area contributed by atoms with Gasteiger partial charge in [0.05, 0.1) is 17.0 Å². The SMILES string of the molecule is CCc1ccc(N[C@H]2NC(=O)/C(=C/c3cc(Cl)c(OCc4ccc(I)cc4)c(OC)c3)S2)cc1. The van der Waals surface area contributed by atoms with Crippen LogP contribution in [0, 0.1) is 3.57 Å². The maximum atomic E-state index is 12.5. The van der Waals surface area contributed by atoms with Crippen LogP contribution in [-0.2, 0) is 17.8 Å². The number of amides is 1. The van der Waals surface area contributed by atoms with E-state index in [9.17, 15) is 4.79 Å². The van der Waals surface area contributed by atoms with Gasteiger partial charge in [-0.3, -0.25) is 4.79 Å². The van der Waals surface area contributed by atoms with Gasteiger partial charge in [-0.2, -0.15) is 0 Å². The van der Waals surface area contributed by atoms with Gasteiger partial charge in [0.15, 0.2) is 17.0 Å². The predicted octanol–water partition coefficient (Wildman–Crippen LogP) is 6.69. The number of anilines is 1. The van der Waals surface area contributed by atoms with Crippen molar-refractivity contribution in [3.63, 3.8) is 0 Å². The number of thioether (sulfide) groups is 1. The van der Waals surface area contributed by atoms with Gasteiger partial charge in [0, 0.05) is 9.26 Å². The molecule has 0 spiro atoms. The van der Waals surface area contributed by atoms with Crippen molar-refractivity contribution in [3.05, 3.63) is 90.9 Å². The quantitative estimate of drug-likeness (QED) is 0.221. The first-order valence-electron chi connectivity index (χ1n) is 10.7. The highest BCUT2D eigenvalue weighted by molar-refractivity contribution is 14.1. The Morgan fingerprint density at radius 1 is 1.12 bits per heavy atom. The van der Waals surface area contributed by atoms with Crippen LogP contribution in [0.1, 0.15) is 23.6 Å². The van der Waals surface area contributed by atoms with E-state index in [1.807, 2.05) is 42.5 Å². The Balaban J connectivity index is 1.46. The van der Waals surface area contributed by atoms with Crippen molar-refractivity contribution in [3.8, 4) is 11.5 Å². The number of carbonyl (C=O) groups excluding carboxylic acids is 1. The summed E-state index contributed by atoms with van der Waals surface area (Å²) in [7, 11) is 1.57. The number of hydrogen-bond donors (Lipinski definition) is 2. The number of nitrogens with one attached hydrogen (secondary N) is 2. The number of aryl methyl sites for hydroxylation is 1. The van der Waals surface area contributed by atoms with E-state index in [0.717, 1.165) is 26.8 Å². The molecule has 5 nitrogen and oxygen atoms in total. The Morgan fingerprint density at radius 2 is 1.82 bits per heavy atom. The van der Waals surface area contributed by atoms with Gasteiger partial charge < -0.3 is 20.1 Å². The van der Waals surface area contributed by atoms with E-state index in [2.05, 4.69) is 52.3 Å². The van der Waals surface area contributed by atoms with Gasteiger partial charge in [-0.25, -0.2) is 0 Å². The van der Waals surface area contributed by atoms with Gasteiger partial charge in [-0.15, -0.1) is 0 Å². The van der Waals surface area contributed by atoms with Crippen LogP contribution in [0.15, 0.2) is 65.6 Å². The van der Waals surface area contributed by atoms with Crippen LogP contribution in [0.25, 0.3) is 6.08 Å². The molecule has 1 amide bonds. The van der Waals surface area contributed by atoms with Crippen LogP contribution in [-0.4, -0.2) is 18.5 Å². The smallest absolute Gasteiger partial charge is 0.260 e. The molecule has 1 fully saturated rings. The molecule has 34 heavy (non-hydrogen) atoms. The van der Waals surface area contributed by atoms with Crippen molar-refractivity contribution in [2.75, 3.05) is 12.4 Å². The highest BCUT2D eigenvalue weighted by Gasteiger charge is 2.27. The zero-order valence-electron chi connectivity index (χ0n) is 18.7. The van der Waals surface area contributed by atoms with Crippen molar-refractivity contribution in [2.24, 2.45) is 0 Å². The van der Waals surface area contributed by atoms with Gasteiger partial charge in [0.2, 0.25) is 0 Å². The molecule has 0 aliphatic carbocycles. The summed E-state index contributed by atoms with van der Waals surface area (Å²) in [6, 6.07) is 19.9. The van der Waals surface area contributed by atoms with Crippen LogP contribution in [0.2, 0.25) is 5.02 Å². The van der Waals surface area contributed by atoms with Crippen LogP contribution < -0.4 is 20.1 Å². The van der Waals surface area contributed by atoms with E-state index < -0.39 is 0 Å². The zero-order valence-corrected chi connectivity index (χ0v) is 22.5. The van der Waals surface area contributed by atoms with E-state index in [4.69, 9.17) is 21.1 Å². The van der Waals surface area contributed by atoms with Gasteiger partial charge >= 0.3 is 0 Å². The maximum absolute atomic E-state index is 12.5. The normalized spacial score (nSPS) is 16.4. The molecule has 1 aliphatic rings. The molecule has 176 valence electrons. The standard InChI is InChI=1S/C26H24ClIN2O3S/c1-3-16-6-10-20(11-7-16)29-26-30-25(31)23(34-26)14-18-12-21(27)24(22(13-18)32-2)33-15-17-4-8-19(28)9-5-17/h4-14,26,29H,3,15H2,1-2H3,(H,30,31)/b23-14-/t26-/m0/s1. The summed E-state index contributed by atoms with van der Waals surface area (Å²) >= 11 is 10.2. The number of hydrogen-bond acceptors (Lipinski definition) is 5. The Labute approximate surface area is 222 Å². The van der Waals surface area contributed by atoms with E-state index in [0.29, 0.717) is 28.0 Å². The lowest BCUT2D eigenvalue weighted by Crippen LogP contribution is -2.30. The lowest BCUT2D eigenvalue weighted by Gasteiger charge is -2.14. The number of carbonyl (C=O) groups is 1. The molecular formula is C26H24ClIN2O3S. The van der Waals surface area contributed by atoms with Crippen molar-refractivity contribution in [1.82, 2.24) is 5.32 Å². The van der Waals surface area contributed by atoms with Gasteiger partial charge in [-0.05, 0) is 88.2 Å². The Bertz CT molecular complexity index is 1200. The second kappa shape index (κ2) is 11.4. The first kappa shape index (κ1) is 24.8. The zero-order chi connectivity index (χ0) is 24.1. The topological polar surface area (TPSA) is 59.6 Å². The molecule has 1 heterocycles. The second-order valence-corrected chi connectivity index (χ2v) is 10.4. The fourth-order valence-electron chi connectivity index (χ4n) is 3.40. The number of ether oxygens (including phenoxy) is 2. The second-order valence-electron chi connectivity index (χ2n) is 7.62. The summed E-state index contributed by atoms with van der Waals surface area (Å²) in [6.07, 6.45) is 2.79. The number of benzene rings is 3. The fraction of sp³-hybridized carbons (Fsp3) is 0.192. The van der Waals surface area contributed by atoms with Crippen molar-refractivity contribution in [1.29, 1.82) is 0 Å². The van der Waals surface area contributed by atoms with E-state index in [-0.39, 0.29) is 11.4 Å². The third-order valence-corrected chi connectivity index (χ3v) is 7.27. The molecule has 8 heteroatoms. The number of halogens is 2. The summed E-state index contributed by atoms with van der Waals surface area (Å²) in [6.45, 7) is 2.49. The molecule has 1 saturated heterocycles. The van der Waals surface area contributed by atoms with E-state index in [1.165, 1.54) is 17.3 Å². The molecule has 1 atom stereocenters. The van der Waals surface area contributed by atoms with Crippen LogP contribution in [0.3, 0.4) is 0 Å². The summed E-state index contributed by atoms with van der Waals surface area (Å²) < 4.78 is 12.6. The van der Waals surface area contributed by atoms with Gasteiger partial charge in [0.25, 0.3) is 5.91 Å². The minimum atomic E-state index is -0.250. The van der Waals surface area contributed by atoms with Gasteiger partial charge in [0.1, 0.15) is 6.61 Å². The molecule has 2 N–H and O–H groups in total. The summed E-state index contributed by atoms with van der Waals surface area (Å²) in [4.78, 5) is 13.1. The van der Waals surface area contributed by atoms with Crippen LogP contribution in [0.5, 0.6) is 11.5 Å². The average molecular weight is 607 g/mol. The molecule has 0 aromatic heterocycles. The minimum Gasteiger partial charge on any atom is -0.493 e. The number of rotatable bonds is 8. The Kier molecular flexibility index (Phi) is 8.28. The third kappa shape index (κ3) is 6.20. The molecule has 0 radical (unpaired) electrons. The molecule has 3 aromatic carbocycles. The molecule has 0 saturated carbocycles. The van der Waals surface area contributed by atoms with Gasteiger partial charge in [-0.1, -0.05) is 54.6 Å². The first-order valence-corrected chi connectivity index (χ1v) is 13.1. The summed E-state index contributed by atoms with van der Waals surface area (Å²) in [5.74, 6) is 0.851. The Hall–Kier alpha value is -2.36. The lowest BCUT2D eigenvalue weighted by atomic mass is 10.1. The highest BCUT2D eigenvalue weighted by Crippen LogP contribution is 2.39. The van der Waals surface area contributed by atoms with E-state index >= 15 is 0 Å². The summed E-state index contributed by atoms with van der Waals surface area (Å²) in [5, 5.41) is 6.71. The molecule has 3 aromatic rings. The lowest BCUT2D eigenvalue weighted by molar-refractivity contribution is -0.116. The average Bonchev–Trinajstić information content (AvgIpc) is 3.17. The molecule has 0 unspecified atom stereocenters. The van der Waals surface area contributed by atoms with Crippen molar-refractivity contribution >= 4 is 63.6 Å². The fourth-order valence-corrected chi connectivity index (χ4v) is 5.02. The molecular weight excluding hydrogens is 583 g/mol. The maximum Gasteiger partial charge on any atom is 0.260 e. The summed E-state index contributed by atoms with van der Waals surface area (Å²) in [5.41, 5.74) is 3.77. The van der Waals surface area contributed by atoms with Crippen molar-refractivity contribution < 1.29 is 14.3 Å². The molecule has 1 aliphatic heterocycles. The highest BCUT2D eigenvalue weighted by atomic mass is 127. The van der Waals surface area contributed by atoms with E-state index in [1.54, 1.807) is 19.3 Å². The minimum absolute atomic E-state index is 0.137. The monoisotopic (exact) mass is 606 g/mol.